The van der Waals surface area contributed by atoms with Crippen LogP contribution in [0.1, 0.15) is 18.4 Å². The van der Waals surface area contributed by atoms with Crippen molar-refractivity contribution in [1.29, 1.82) is 0 Å². The van der Waals surface area contributed by atoms with Crippen LogP contribution in [0.25, 0.3) is 0 Å². The molecule has 0 aliphatic heterocycles. The summed E-state index contributed by atoms with van der Waals surface area (Å²) < 4.78 is 30.9. The van der Waals surface area contributed by atoms with Gasteiger partial charge in [-0.25, -0.2) is 13.4 Å². The van der Waals surface area contributed by atoms with Crippen molar-refractivity contribution >= 4 is 44.0 Å². The van der Waals surface area contributed by atoms with Crippen molar-refractivity contribution in [3.63, 3.8) is 0 Å². The predicted octanol–water partition coefficient (Wildman–Crippen LogP) is 4.21. The molecule has 1 atom stereocenters. The first kappa shape index (κ1) is 18.6. The zero-order chi connectivity index (χ0) is 18.6. The molecule has 9 heteroatoms. The number of nitrogens with zero attached hydrogens (tertiary/aromatic N) is 2. The number of anilines is 2. The van der Waals surface area contributed by atoms with Gasteiger partial charge in [0.25, 0.3) is 10.0 Å². The van der Waals surface area contributed by atoms with Gasteiger partial charge in [-0.1, -0.05) is 48.9 Å². The average molecular weight is 409 g/mol. The smallest absolute Gasteiger partial charge is 0.263 e. The molecule has 0 fully saturated rings. The Balaban J connectivity index is 1.69. The Kier molecular flexibility index (Phi) is 5.75. The lowest BCUT2D eigenvalue weighted by molar-refractivity contribution is 0.601. The van der Waals surface area contributed by atoms with Crippen LogP contribution in [-0.4, -0.2) is 24.3 Å². The molecule has 3 aromatic rings. The molecule has 0 aliphatic rings. The highest BCUT2D eigenvalue weighted by Crippen LogP contribution is 2.27. The van der Waals surface area contributed by atoms with Gasteiger partial charge in [0.2, 0.25) is 5.13 Å². The van der Waals surface area contributed by atoms with E-state index in [1.54, 1.807) is 6.07 Å². The van der Waals surface area contributed by atoms with Gasteiger partial charge in [0, 0.05) is 18.1 Å². The van der Waals surface area contributed by atoms with Gasteiger partial charge >= 0.3 is 0 Å². The molecule has 1 unspecified atom stereocenters. The zero-order valence-electron chi connectivity index (χ0n) is 13.9. The largest absolute Gasteiger partial charge is 0.383 e. The first-order valence-corrected chi connectivity index (χ1v) is 10.5. The highest BCUT2D eigenvalue weighted by molar-refractivity contribution is 7.93. The minimum atomic E-state index is -3.75. The Hall–Kier alpha value is -2.16. The SMILES string of the molecule is CC(CNc1ccc(S(=O)(=O)Nc2ncns2)cc1Cl)c1ccccc1. The van der Waals surface area contributed by atoms with Crippen LogP contribution in [-0.2, 0) is 10.0 Å². The van der Waals surface area contributed by atoms with Gasteiger partial charge in [-0.05, 0) is 29.7 Å². The molecule has 1 heterocycles. The van der Waals surface area contributed by atoms with E-state index < -0.39 is 10.0 Å². The van der Waals surface area contributed by atoms with Crippen LogP contribution in [0.4, 0.5) is 10.8 Å². The Morgan fingerprint density at radius 1 is 1.19 bits per heavy atom. The molecular weight excluding hydrogens is 392 g/mol. The molecule has 26 heavy (non-hydrogen) atoms. The van der Waals surface area contributed by atoms with Gasteiger partial charge < -0.3 is 5.32 Å². The molecule has 1 aromatic heterocycles. The van der Waals surface area contributed by atoms with Crippen LogP contribution in [0.5, 0.6) is 0 Å². The fraction of sp³-hybridized carbons (Fsp3) is 0.176. The van der Waals surface area contributed by atoms with E-state index in [1.165, 1.54) is 24.0 Å². The maximum absolute atomic E-state index is 12.4. The summed E-state index contributed by atoms with van der Waals surface area (Å²) >= 11 is 7.23. The highest BCUT2D eigenvalue weighted by Gasteiger charge is 2.17. The summed E-state index contributed by atoms with van der Waals surface area (Å²) in [5.41, 5.74) is 1.90. The number of nitrogens with one attached hydrogen (secondary N) is 2. The lowest BCUT2D eigenvalue weighted by atomic mass is 10.0. The van der Waals surface area contributed by atoms with Crippen molar-refractivity contribution in [1.82, 2.24) is 9.36 Å². The Morgan fingerprint density at radius 2 is 1.96 bits per heavy atom. The quantitative estimate of drug-likeness (QED) is 0.611. The van der Waals surface area contributed by atoms with Crippen molar-refractivity contribution in [2.75, 3.05) is 16.6 Å². The summed E-state index contributed by atoms with van der Waals surface area (Å²) in [5, 5.41) is 3.81. The van der Waals surface area contributed by atoms with Crippen LogP contribution >= 0.6 is 23.1 Å². The number of hydrogen-bond acceptors (Lipinski definition) is 6. The first-order valence-electron chi connectivity index (χ1n) is 7.83. The maximum atomic E-state index is 12.4. The molecule has 6 nitrogen and oxygen atoms in total. The fourth-order valence-corrected chi connectivity index (χ4v) is 4.36. The Bertz CT molecular complexity index is 964. The summed E-state index contributed by atoms with van der Waals surface area (Å²) in [5.74, 6) is 0.287. The Morgan fingerprint density at radius 3 is 2.62 bits per heavy atom. The lowest BCUT2D eigenvalue weighted by Crippen LogP contribution is -2.13. The molecular formula is C17H17ClN4O2S2. The summed E-state index contributed by atoms with van der Waals surface area (Å²) in [6.07, 6.45) is 1.29. The minimum Gasteiger partial charge on any atom is -0.383 e. The molecule has 0 spiro atoms. The van der Waals surface area contributed by atoms with E-state index in [0.717, 1.165) is 11.5 Å². The van der Waals surface area contributed by atoms with Crippen LogP contribution in [0.15, 0.2) is 59.8 Å². The molecule has 2 N–H and O–H groups in total. The third-order valence-electron chi connectivity index (χ3n) is 3.80. The fourth-order valence-electron chi connectivity index (χ4n) is 2.36. The van der Waals surface area contributed by atoms with Crippen LogP contribution in [0.3, 0.4) is 0 Å². The normalized spacial score (nSPS) is 12.5. The molecule has 136 valence electrons. The number of sulfonamides is 1. The summed E-state index contributed by atoms with van der Waals surface area (Å²) in [7, 11) is -3.75. The molecule has 0 amide bonds. The van der Waals surface area contributed by atoms with E-state index in [-0.39, 0.29) is 15.9 Å². The maximum Gasteiger partial charge on any atom is 0.263 e. The van der Waals surface area contributed by atoms with Crippen LogP contribution in [0, 0.1) is 0 Å². The molecule has 0 bridgehead atoms. The molecule has 0 radical (unpaired) electrons. The van der Waals surface area contributed by atoms with Gasteiger partial charge in [0.15, 0.2) is 0 Å². The van der Waals surface area contributed by atoms with E-state index in [0.29, 0.717) is 17.3 Å². The summed E-state index contributed by atoms with van der Waals surface area (Å²) in [4.78, 5) is 3.89. The van der Waals surface area contributed by atoms with Crippen molar-refractivity contribution < 1.29 is 8.42 Å². The van der Waals surface area contributed by atoms with Gasteiger partial charge in [0.05, 0.1) is 15.6 Å². The summed E-state index contributed by atoms with van der Waals surface area (Å²) in [6.45, 7) is 2.79. The average Bonchev–Trinajstić information content (AvgIpc) is 3.13. The Labute approximate surface area is 161 Å². The third-order valence-corrected chi connectivity index (χ3v) is 6.16. The van der Waals surface area contributed by atoms with E-state index in [2.05, 4.69) is 38.5 Å². The van der Waals surface area contributed by atoms with Gasteiger partial charge in [-0.2, -0.15) is 4.37 Å². The second kappa shape index (κ2) is 8.03. The van der Waals surface area contributed by atoms with Crippen LogP contribution in [0.2, 0.25) is 5.02 Å². The standard InChI is InChI=1S/C17H17ClN4O2S2/c1-12(13-5-3-2-4-6-13)10-19-16-8-7-14(9-15(16)18)26(23,24)22-17-20-11-21-25-17/h2-9,11-12,19H,10H2,1H3,(H,20,21,22). The third kappa shape index (κ3) is 4.51. The van der Waals surface area contributed by atoms with Crippen molar-refractivity contribution in [2.24, 2.45) is 0 Å². The molecule has 0 aliphatic carbocycles. The molecule has 2 aromatic carbocycles. The first-order chi connectivity index (χ1) is 12.5. The molecule has 0 saturated heterocycles. The number of hydrogen-bond donors (Lipinski definition) is 2. The van der Waals surface area contributed by atoms with Gasteiger partial charge in [-0.15, -0.1) is 0 Å². The van der Waals surface area contributed by atoms with Crippen molar-refractivity contribution in [2.45, 2.75) is 17.7 Å². The van der Waals surface area contributed by atoms with Crippen LogP contribution < -0.4 is 10.0 Å². The number of benzene rings is 2. The second-order valence-electron chi connectivity index (χ2n) is 5.69. The number of rotatable bonds is 7. The van der Waals surface area contributed by atoms with Gasteiger partial charge in [-0.3, -0.25) is 4.72 Å². The summed E-state index contributed by atoms with van der Waals surface area (Å²) in [6, 6.07) is 14.7. The van der Waals surface area contributed by atoms with E-state index in [1.807, 2.05) is 18.2 Å². The molecule has 0 saturated carbocycles. The minimum absolute atomic E-state index is 0.0688. The predicted molar refractivity (Wildman–Crippen MR) is 106 cm³/mol. The lowest BCUT2D eigenvalue weighted by Gasteiger charge is -2.15. The zero-order valence-corrected chi connectivity index (χ0v) is 16.3. The van der Waals surface area contributed by atoms with Crippen molar-refractivity contribution in [3.05, 3.63) is 65.4 Å². The monoisotopic (exact) mass is 408 g/mol. The van der Waals surface area contributed by atoms with Gasteiger partial charge in [0.1, 0.15) is 6.33 Å². The van der Waals surface area contributed by atoms with Crippen molar-refractivity contribution in [3.8, 4) is 0 Å². The van der Waals surface area contributed by atoms with E-state index >= 15 is 0 Å². The number of halogens is 1. The van der Waals surface area contributed by atoms with E-state index in [9.17, 15) is 8.42 Å². The second-order valence-corrected chi connectivity index (χ2v) is 8.56. The highest BCUT2D eigenvalue weighted by atomic mass is 35.5. The number of aromatic nitrogens is 2. The van der Waals surface area contributed by atoms with E-state index in [4.69, 9.17) is 11.6 Å². The topological polar surface area (TPSA) is 84.0 Å². The molecule has 3 rings (SSSR count).